The minimum absolute atomic E-state index is 0.0839. The van der Waals surface area contributed by atoms with Crippen LogP contribution in [0.15, 0.2) is 24.4 Å². The van der Waals surface area contributed by atoms with Crippen LogP contribution in [-0.4, -0.2) is 10.0 Å². The maximum absolute atomic E-state index is 10.0. The third kappa shape index (κ3) is 2.30. The van der Waals surface area contributed by atoms with Gasteiger partial charge in [0.25, 0.3) is 0 Å². The van der Waals surface area contributed by atoms with E-state index in [-0.39, 0.29) is 5.75 Å². The highest BCUT2D eigenvalue weighted by Crippen LogP contribution is 2.22. The van der Waals surface area contributed by atoms with Gasteiger partial charge in [0.05, 0.1) is 4.92 Å². The zero-order chi connectivity index (χ0) is 9.84. The summed E-state index contributed by atoms with van der Waals surface area (Å²) in [7, 11) is 0. The second-order valence-corrected chi connectivity index (χ2v) is 2.61. The zero-order valence-corrected chi connectivity index (χ0v) is 7.10. The second-order valence-electron chi connectivity index (χ2n) is 2.61. The van der Waals surface area contributed by atoms with Crippen molar-refractivity contribution >= 4 is 6.08 Å². The number of phenols is 1. The summed E-state index contributed by atoms with van der Waals surface area (Å²) in [5.41, 5.74) is 1.15. The molecule has 4 nitrogen and oxygen atoms in total. The van der Waals surface area contributed by atoms with Crippen molar-refractivity contribution in [3.8, 4) is 5.75 Å². The molecule has 1 N–H and O–H groups in total. The summed E-state index contributed by atoms with van der Waals surface area (Å²) in [5, 5.41) is 19.4. The van der Waals surface area contributed by atoms with E-state index in [1.54, 1.807) is 25.1 Å². The first-order valence-corrected chi connectivity index (χ1v) is 3.71. The molecule has 0 unspecified atom stereocenters. The first-order chi connectivity index (χ1) is 6.11. The molecule has 0 bridgehead atoms. The molecule has 0 heterocycles. The van der Waals surface area contributed by atoms with E-state index in [1.807, 2.05) is 0 Å². The monoisotopic (exact) mass is 179 g/mol. The van der Waals surface area contributed by atoms with Gasteiger partial charge in [-0.25, -0.2) is 0 Å². The van der Waals surface area contributed by atoms with Crippen LogP contribution in [0, 0.1) is 17.0 Å². The first-order valence-electron chi connectivity index (χ1n) is 3.71. The number of hydrogen-bond acceptors (Lipinski definition) is 3. The molecule has 0 saturated heterocycles. The number of aryl methyl sites for hydroxylation is 1. The molecule has 0 aliphatic heterocycles. The second kappa shape index (κ2) is 3.71. The van der Waals surface area contributed by atoms with E-state index in [0.29, 0.717) is 11.1 Å². The Bertz CT molecular complexity index is 358. The average molecular weight is 179 g/mol. The van der Waals surface area contributed by atoms with Gasteiger partial charge in [0.15, 0.2) is 0 Å². The molecule has 0 amide bonds. The van der Waals surface area contributed by atoms with Crippen LogP contribution in [0.2, 0.25) is 0 Å². The lowest BCUT2D eigenvalue weighted by molar-refractivity contribution is -0.400. The molecule has 0 aromatic heterocycles. The molecule has 0 aliphatic carbocycles. The Kier molecular flexibility index (Phi) is 2.64. The van der Waals surface area contributed by atoms with Gasteiger partial charge < -0.3 is 5.11 Å². The summed E-state index contributed by atoms with van der Waals surface area (Å²) >= 11 is 0. The molecular weight excluding hydrogens is 170 g/mol. The van der Waals surface area contributed by atoms with E-state index >= 15 is 0 Å². The van der Waals surface area contributed by atoms with Crippen molar-refractivity contribution < 1.29 is 10.0 Å². The molecule has 0 atom stereocenters. The molecule has 1 rings (SSSR count). The van der Waals surface area contributed by atoms with Crippen LogP contribution in [0.5, 0.6) is 5.75 Å². The Morgan fingerprint density at radius 1 is 1.54 bits per heavy atom. The third-order valence-corrected chi connectivity index (χ3v) is 1.64. The molecule has 13 heavy (non-hydrogen) atoms. The standard InChI is InChI=1S/C9H9NO3/c1-7-3-2-4-8(9(7)11)5-6-10(12)13/h2-6,11H,1H3. The molecule has 4 heteroatoms. The highest BCUT2D eigenvalue weighted by atomic mass is 16.6. The van der Waals surface area contributed by atoms with Crippen LogP contribution in [0.25, 0.3) is 6.08 Å². The lowest BCUT2D eigenvalue weighted by Gasteiger charge is -2.00. The molecule has 0 saturated carbocycles. The molecule has 0 fully saturated rings. The molecular formula is C9H9NO3. The number of rotatable bonds is 2. The van der Waals surface area contributed by atoms with E-state index in [1.165, 1.54) is 6.08 Å². The highest BCUT2D eigenvalue weighted by molar-refractivity contribution is 5.58. The van der Waals surface area contributed by atoms with Gasteiger partial charge in [-0.1, -0.05) is 18.2 Å². The van der Waals surface area contributed by atoms with Gasteiger partial charge in [0.2, 0.25) is 6.20 Å². The molecule has 0 radical (unpaired) electrons. The number of para-hydroxylation sites is 1. The van der Waals surface area contributed by atoms with Gasteiger partial charge in [-0.2, -0.15) is 0 Å². The van der Waals surface area contributed by atoms with Gasteiger partial charge in [-0.15, -0.1) is 0 Å². The summed E-state index contributed by atoms with van der Waals surface area (Å²) in [4.78, 5) is 9.44. The van der Waals surface area contributed by atoms with Gasteiger partial charge in [-0.05, 0) is 12.5 Å². The van der Waals surface area contributed by atoms with Crippen LogP contribution in [0.3, 0.4) is 0 Å². The lowest BCUT2D eigenvalue weighted by atomic mass is 10.1. The fourth-order valence-electron chi connectivity index (χ4n) is 0.957. The van der Waals surface area contributed by atoms with Crippen molar-refractivity contribution in [2.75, 3.05) is 0 Å². The molecule has 0 aliphatic rings. The number of aromatic hydroxyl groups is 1. The highest BCUT2D eigenvalue weighted by Gasteiger charge is 2.00. The van der Waals surface area contributed by atoms with Crippen molar-refractivity contribution in [2.45, 2.75) is 6.92 Å². The maximum Gasteiger partial charge on any atom is 0.235 e. The summed E-state index contributed by atoms with van der Waals surface area (Å²) < 4.78 is 0. The average Bonchev–Trinajstić information content (AvgIpc) is 2.07. The molecule has 1 aromatic rings. The van der Waals surface area contributed by atoms with Crippen molar-refractivity contribution in [1.29, 1.82) is 0 Å². The summed E-state index contributed by atoms with van der Waals surface area (Å²) in [5.74, 6) is 0.0839. The minimum Gasteiger partial charge on any atom is -0.507 e. The maximum atomic E-state index is 10.0. The number of hydrogen-bond donors (Lipinski definition) is 1. The quantitative estimate of drug-likeness (QED) is 0.557. The zero-order valence-electron chi connectivity index (χ0n) is 7.10. The number of phenolic OH excluding ortho intramolecular Hbond substituents is 1. The smallest absolute Gasteiger partial charge is 0.235 e. The van der Waals surface area contributed by atoms with Crippen molar-refractivity contribution in [1.82, 2.24) is 0 Å². The van der Waals surface area contributed by atoms with Gasteiger partial charge in [-0.3, -0.25) is 10.1 Å². The predicted molar refractivity (Wildman–Crippen MR) is 48.9 cm³/mol. The minimum atomic E-state index is -0.568. The fraction of sp³-hybridized carbons (Fsp3) is 0.111. The van der Waals surface area contributed by atoms with Crippen molar-refractivity contribution in [3.63, 3.8) is 0 Å². The van der Waals surface area contributed by atoms with Gasteiger partial charge >= 0.3 is 0 Å². The Balaban J connectivity index is 3.02. The largest absolute Gasteiger partial charge is 0.507 e. The first kappa shape index (κ1) is 9.25. The Morgan fingerprint density at radius 3 is 2.85 bits per heavy atom. The van der Waals surface area contributed by atoms with Gasteiger partial charge in [0, 0.05) is 11.6 Å². The van der Waals surface area contributed by atoms with Crippen LogP contribution in [0.4, 0.5) is 0 Å². The van der Waals surface area contributed by atoms with Crippen LogP contribution < -0.4 is 0 Å². The SMILES string of the molecule is Cc1cccc(C=C[N+](=O)[O-])c1O. The summed E-state index contributed by atoms with van der Waals surface area (Å²) in [6.07, 6.45) is 2.07. The number of benzene rings is 1. The summed E-state index contributed by atoms with van der Waals surface area (Å²) in [6, 6.07) is 5.08. The number of nitrogens with zero attached hydrogens (tertiary/aromatic N) is 1. The Morgan fingerprint density at radius 2 is 2.23 bits per heavy atom. The Labute approximate surface area is 75.3 Å². The van der Waals surface area contributed by atoms with E-state index < -0.39 is 4.92 Å². The Hall–Kier alpha value is -1.84. The van der Waals surface area contributed by atoms with E-state index in [0.717, 1.165) is 6.20 Å². The van der Waals surface area contributed by atoms with Crippen molar-refractivity contribution in [2.24, 2.45) is 0 Å². The molecule has 68 valence electrons. The van der Waals surface area contributed by atoms with Crippen LogP contribution in [0.1, 0.15) is 11.1 Å². The van der Waals surface area contributed by atoms with Crippen LogP contribution >= 0.6 is 0 Å². The van der Waals surface area contributed by atoms with Crippen molar-refractivity contribution in [3.05, 3.63) is 45.6 Å². The van der Waals surface area contributed by atoms with Gasteiger partial charge in [0.1, 0.15) is 5.75 Å². The third-order valence-electron chi connectivity index (χ3n) is 1.64. The topological polar surface area (TPSA) is 63.4 Å². The lowest BCUT2D eigenvalue weighted by Crippen LogP contribution is -1.84. The molecule has 1 aromatic carbocycles. The van der Waals surface area contributed by atoms with E-state index in [2.05, 4.69) is 0 Å². The number of nitro groups is 1. The molecule has 0 spiro atoms. The van der Waals surface area contributed by atoms with Crippen LogP contribution in [-0.2, 0) is 0 Å². The predicted octanol–water partition coefficient (Wildman–Crippen LogP) is 1.95. The fourth-order valence-corrected chi connectivity index (χ4v) is 0.957. The van der Waals surface area contributed by atoms with E-state index in [9.17, 15) is 15.2 Å². The normalized spacial score (nSPS) is 10.5. The summed E-state index contributed by atoms with van der Waals surface area (Å²) in [6.45, 7) is 1.73. The van der Waals surface area contributed by atoms with E-state index in [4.69, 9.17) is 0 Å².